The van der Waals surface area contributed by atoms with Crippen LogP contribution in [0.1, 0.15) is 63.4 Å². The molecule has 0 bridgehead atoms. The molecule has 1 fully saturated rings. The zero-order valence-corrected chi connectivity index (χ0v) is 13.9. The third kappa shape index (κ3) is 5.38. The van der Waals surface area contributed by atoms with E-state index in [1.807, 2.05) is 0 Å². The number of rotatable bonds is 7. The average Bonchev–Trinajstić information content (AvgIpc) is 2.54. The normalized spacial score (nSPS) is 24.2. The Balaban J connectivity index is 1.80. The Kier molecular flexibility index (Phi) is 7.13. The molecule has 1 aliphatic carbocycles. The van der Waals surface area contributed by atoms with Crippen molar-refractivity contribution in [2.45, 2.75) is 64.1 Å². The molecule has 1 aromatic rings. The van der Waals surface area contributed by atoms with Crippen molar-refractivity contribution in [3.63, 3.8) is 0 Å². The summed E-state index contributed by atoms with van der Waals surface area (Å²) >= 11 is 0. The van der Waals surface area contributed by atoms with Gasteiger partial charge in [-0.2, -0.15) is 0 Å². The Morgan fingerprint density at radius 1 is 1.10 bits per heavy atom. The van der Waals surface area contributed by atoms with E-state index in [1.54, 1.807) is 5.56 Å². The summed E-state index contributed by atoms with van der Waals surface area (Å²) in [6, 6.07) is 11.1. The van der Waals surface area contributed by atoms with E-state index in [9.17, 15) is 0 Å². The molecule has 114 valence electrons. The molecule has 21 heavy (non-hydrogen) atoms. The van der Waals surface area contributed by atoms with Crippen LogP contribution in [0.4, 0.5) is 0 Å². The third-order valence-electron chi connectivity index (χ3n) is 5.02. The van der Waals surface area contributed by atoms with E-state index in [1.165, 1.54) is 51.3 Å². The SMILES string of the molecule is BCCC(/C=C/C1CCC(c2ccccc2)CC1)CCC. The molecule has 1 unspecified atom stereocenters. The number of hydrogen-bond acceptors (Lipinski definition) is 0. The molecule has 1 aliphatic rings. The zero-order valence-electron chi connectivity index (χ0n) is 13.9. The van der Waals surface area contributed by atoms with Crippen LogP contribution in [0.3, 0.4) is 0 Å². The van der Waals surface area contributed by atoms with Crippen LogP contribution < -0.4 is 0 Å². The van der Waals surface area contributed by atoms with Crippen LogP contribution in [-0.4, -0.2) is 7.85 Å². The Hall–Kier alpha value is -0.975. The lowest BCUT2D eigenvalue weighted by molar-refractivity contribution is 0.374. The second-order valence-electron chi connectivity index (χ2n) is 6.74. The molecule has 0 N–H and O–H groups in total. The summed E-state index contributed by atoms with van der Waals surface area (Å²) in [7, 11) is 2.31. The van der Waals surface area contributed by atoms with Crippen molar-refractivity contribution in [1.82, 2.24) is 0 Å². The third-order valence-corrected chi connectivity index (χ3v) is 5.02. The maximum atomic E-state index is 2.55. The van der Waals surface area contributed by atoms with Crippen molar-refractivity contribution in [1.29, 1.82) is 0 Å². The van der Waals surface area contributed by atoms with Gasteiger partial charge in [0.15, 0.2) is 0 Å². The van der Waals surface area contributed by atoms with E-state index in [0.29, 0.717) is 0 Å². The van der Waals surface area contributed by atoms with Gasteiger partial charge in [0.05, 0.1) is 0 Å². The Bertz CT molecular complexity index is 395. The zero-order chi connectivity index (χ0) is 14.9. The van der Waals surface area contributed by atoms with Gasteiger partial charge >= 0.3 is 0 Å². The smallest absolute Gasteiger partial charge is 0.0852 e. The van der Waals surface area contributed by atoms with Crippen molar-refractivity contribution < 1.29 is 0 Å². The fraction of sp³-hybridized carbons (Fsp3) is 0.600. The second-order valence-corrected chi connectivity index (χ2v) is 6.74. The summed E-state index contributed by atoms with van der Waals surface area (Å²) in [5.41, 5.74) is 1.55. The van der Waals surface area contributed by atoms with Gasteiger partial charge in [0.2, 0.25) is 0 Å². The number of hydrogen-bond donors (Lipinski definition) is 0. The maximum Gasteiger partial charge on any atom is 0.101 e. The summed E-state index contributed by atoms with van der Waals surface area (Å²) in [6.07, 6.45) is 15.9. The van der Waals surface area contributed by atoms with E-state index < -0.39 is 0 Å². The molecule has 0 aromatic heterocycles. The molecule has 0 heterocycles. The van der Waals surface area contributed by atoms with Gasteiger partial charge in [-0.1, -0.05) is 68.6 Å². The topological polar surface area (TPSA) is 0 Å². The minimum atomic E-state index is 0.804. The molecule has 1 heteroatoms. The van der Waals surface area contributed by atoms with Gasteiger partial charge in [-0.15, -0.1) is 0 Å². The molecule has 1 aromatic carbocycles. The van der Waals surface area contributed by atoms with E-state index in [0.717, 1.165) is 17.8 Å². The molecule has 1 saturated carbocycles. The van der Waals surface area contributed by atoms with Crippen LogP contribution in [0.15, 0.2) is 42.5 Å². The lowest BCUT2D eigenvalue weighted by Crippen LogP contribution is -2.12. The van der Waals surface area contributed by atoms with Gasteiger partial charge in [-0.3, -0.25) is 0 Å². The second kappa shape index (κ2) is 9.13. The average molecular weight is 282 g/mol. The Morgan fingerprint density at radius 3 is 2.43 bits per heavy atom. The summed E-state index contributed by atoms with van der Waals surface area (Å²) in [4.78, 5) is 0. The van der Waals surface area contributed by atoms with Crippen molar-refractivity contribution >= 4 is 7.85 Å². The monoisotopic (exact) mass is 282 g/mol. The van der Waals surface area contributed by atoms with Crippen molar-refractivity contribution in [2.75, 3.05) is 0 Å². The van der Waals surface area contributed by atoms with Crippen LogP contribution in [-0.2, 0) is 0 Å². The highest BCUT2D eigenvalue weighted by atomic mass is 14.3. The molecule has 0 saturated heterocycles. The quantitative estimate of drug-likeness (QED) is 0.465. The molecule has 2 rings (SSSR count). The summed E-state index contributed by atoms with van der Waals surface area (Å²) < 4.78 is 0. The van der Waals surface area contributed by atoms with Crippen LogP contribution in [0.2, 0.25) is 6.32 Å². The molecule has 0 nitrogen and oxygen atoms in total. The Morgan fingerprint density at radius 2 is 1.81 bits per heavy atom. The number of benzene rings is 1. The molecular formula is C20H31B. The first-order valence-corrected chi connectivity index (χ1v) is 9.06. The van der Waals surface area contributed by atoms with Crippen molar-refractivity contribution in [3.8, 4) is 0 Å². The van der Waals surface area contributed by atoms with Gasteiger partial charge in [-0.25, -0.2) is 0 Å². The predicted octanol–water partition coefficient (Wildman–Crippen LogP) is 5.37. The van der Waals surface area contributed by atoms with Crippen molar-refractivity contribution in [3.05, 3.63) is 48.0 Å². The Labute approximate surface area is 132 Å². The van der Waals surface area contributed by atoms with Gasteiger partial charge in [-0.05, 0) is 55.4 Å². The van der Waals surface area contributed by atoms with E-state index in [-0.39, 0.29) is 0 Å². The van der Waals surface area contributed by atoms with E-state index in [2.05, 4.69) is 57.3 Å². The van der Waals surface area contributed by atoms with Gasteiger partial charge in [0.1, 0.15) is 7.85 Å². The molecule has 0 aliphatic heterocycles. The molecule has 1 atom stereocenters. The maximum absolute atomic E-state index is 2.55. The van der Waals surface area contributed by atoms with Gasteiger partial charge < -0.3 is 0 Å². The van der Waals surface area contributed by atoms with E-state index >= 15 is 0 Å². The van der Waals surface area contributed by atoms with E-state index in [4.69, 9.17) is 0 Å². The first-order valence-electron chi connectivity index (χ1n) is 9.06. The lowest BCUT2D eigenvalue weighted by atomic mass is 9.78. The summed E-state index contributed by atoms with van der Waals surface area (Å²) in [5, 5.41) is 0. The first-order chi connectivity index (χ1) is 10.3. The standard InChI is InChI=1S/C20H31B/c1-2-6-17(15-16-21)9-10-18-11-13-20(14-12-18)19-7-4-3-5-8-19/h3-5,7-10,17-18,20H,2,6,11-16,21H2,1H3/b10-9+. The highest BCUT2D eigenvalue weighted by Crippen LogP contribution is 2.36. The molecule has 0 radical (unpaired) electrons. The number of allylic oxidation sites excluding steroid dienone is 2. The predicted molar refractivity (Wildman–Crippen MR) is 96.6 cm³/mol. The van der Waals surface area contributed by atoms with Gasteiger partial charge in [0.25, 0.3) is 0 Å². The molecule has 0 amide bonds. The van der Waals surface area contributed by atoms with Crippen LogP contribution in [0, 0.1) is 11.8 Å². The minimum Gasteiger partial charge on any atom is -0.0852 e. The first kappa shape index (κ1) is 16.4. The molecular weight excluding hydrogens is 251 g/mol. The van der Waals surface area contributed by atoms with Gasteiger partial charge in [0, 0.05) is 0 Å². The minimum absolute atomic E-state index is 0.804. The van der Waals surface area contributed by atoms with Crippen LogP contribution >= 0.6 is 0 Å². The van der Waals surface area contributed by atoms with Crippen molar-refractivity contribution in [2.24, 2.45) is 11.8 Å². The van der Waals surface area contributed by atoms with Crippen LogP contribution in [0.25, 0.3) is 0 Å². The highest BCUT2D eigenvalue weighted by Gasteiger charge is 2.20. The summed E-state index contributed by atoms with van der Waals surface area (Å²) in [5.74, 6) is 2.46. The summed E-state index contributed by atoms with van der Waals surface area (Å²) in [6.45, 7) is 2.31. The fourth-order valence-electron chi connectivity index (χ4n) is 3.76. The fourth-order valence-corrected chi connectivity index (χ4v) is 3.76. The highest BCUT2D eigenvalue weighted by molar-refractivity contribution is 6.08. The lowest BCUT2D eigenvalue weighted by Gasteiger charge is -2.27. The molecule has 0 spiro atoms. The largest absolute Gasteiger partial charge is 0.101 e. The van der Waals surface area contributed by atoms with Crippen LogP contribution in [0.5, 0.6) is 0 Å².